The molecule has 8 rings (SSSR count). The number of hydrogen-bond acceptors (Lipinski definition) is 3. The van der Waals surface area contributed by atoms with Crippen molar-refractivity contribution >= 4 is 77.2 Å². The highest BCUT2D eigenvalue weighted by Gasteiger charge is 2.26. The third kappa shape index (κ3) is 3.78. The van der Waals surface area contributed by atoms with Crippen LogP contribution >= 0.6 is 6.04 Å². The molecule has 0 aliphatic heterocycles. The van der Waals surface area contributed by atoms with Gasteiger partial charge in [-0.05, 0) is 50.4 Å². The van der Waals surface area contributed by atoms with Gasteiger partial charge in [-0.15, -0.1) is 0 Å². The fourth-order valence-corrected chi connectivity index (χ4v) is 9.73. The molecule has 0 atom stereocenters. The zero-order valence-corrected chi connectivity index (χ0v) is 23.8. The van der Waals surface area contributed by atoms with E-state index in [4.69, 9.17) is 21.2 Å². The molecule has 41 heavy (non-hydrogen) atoms. The highest BCUT2D eigenvalue weighted by Crippen LogP contribution is 2.46. The summed E-state index contributed by atoms with van der Waals surface area (Å²) in [6.07, 6.45) is 3.89. The van der Waals surface area contributed by atoms with Crippen molar-refractivity contribution in [3.8, 4) is 11.1 Å². The van der Waals surface area contributed by atoms with E-state index < -0.39 is 6.04 Å². The molecule has 4 heteroatoms. The highest BCUT2D eigenvalue weighted by atomic mass is 32.4. The minimum absolute atomic E-state index is 0.877. The first-order valence-corrected chi connectivity index (χ1v) is 16.4. The Bertz CT molecular complexity index is 2250. The average Bonchev–Trinajstić information content (AvgIpc) is 3.45. The Morgan fingerprint density at radius 3 is 1.85 bits per heavy atom. The third-order valence-electron chi connectivity index (χ3n) is 7.99. The molecule has 0 N–H and O–H groups in total. The van der Waals surface area contributed by atoms with Gasteiger partial charge in [0.05, 0.1) is 0 Å². The van der Waals surface area contributed by atoms with Gasteiger partial charge in [-0.1, -0.05) is 127 Å². The van der Waals surface area contributed by atoms with Gasteiger partial charge >= 0.3 is 0 Å². The predicted octanol–water partition coefficient (Wildman–Crippen LogP) is 8.71. The molecule has 0 aliphatic rings. The van der Waals surface area contributed by atoms with Crippen molar-refractivity contribution in [3.63, 3.8) is 0 Å². The Kier molecular flexibility index (Phi) is 5.63. The SMILES string of the molecule is S=P(c1ccccc1)(c1ccccc1)c1cncc(-c2cc3ccccc3c3c2oc2ccc4ccccc4c23)c1. The van der Waals surface area contributed by atoms with Crippen molar-refractivity contribution in [2.75, 3.05) is 0 Å². The lowest BCUT2D eigenvalue weighted by Gasteiger charge is -2.24. The molecular formula is C37H24NOPS. The summed E-state index contributed by atoms with van der Waals surface area (Å²) in [6, 6.07) is 44.4. The lowest BCUT2D eigenvalue weighted by atomic mass is 9.95. The second kappa shape index (κ2) is 9.52. The molecule has 0 amide bonds. The topological polar surface area (TPSA) is 26.0 Å². The predicted molar refractivity (Wildman–Crippen MR) is 178 cm³/mol. The summed E-state index contributed by atoms with van der Waals surface area (Å²) in [7, 11) is 0. The Hall–Kier alpha value is -4.56. The van der Waals surface area contributed by atoms with E-state index in [2.05, 4.69) is 121 Å². The molecule has 8 aromatic rings. The average molecular weight is 562 g/mol. The second-order valence-electron chi connectivity index (χ2n) is 10.3. The number of hydrogen-bond donors (Lipinski definition) is 0. The van der Waals surface area contributed by atoms with Gasteiger partial charge in [0, 0.05) is 45.6 Å². The van der Waals surface area contributed by atoms with E-state index in [-0.39, 0.29) is 0 Å². The summed E-state index contributed by atoms with van der Waals surface area (Å²) < 4.78 is 6.70. The van der Waals surface area contributed by atoms with Crippen molar-refractivity contribution in [2.45, 2.75) is 0 Å². The van der Waals surface area contributed by atoms with Crippen molar-refractivity contribution in [2.24, 2.45) is 0 Å². The molecule has 194 valence electrons. The smallest absolute Gasteiger partial charge is 0.143 e. The van der Waals surface area contributed by atoms with E-state index in [1.54, 1.807) is 0 Å². The Balaban J connectivity index is 1.44. The summed E-state index contributed by atoms with van der Waals surface area (Å²) >= 11 is 6.64. The fraction of sp³-hybridized carbons (Fsp3) is 0. The Morgan fingerprint density at radius 1 is 0.537 bits per heavy atom. The van der Waals surface area contributed by atoms with Crippen LogP contribution in [0.1, 0.15) is 0 Å². The maximum Gasteiger partial charge on any atom is 0.143 e. The summed E-state index contributed by atoms with van der Waals surface area (Å²) in [6.45, 7) is 0. The molecule has 0 aliphatic carbocycles. The first-order valence-electron chi connectivity index (χ1n) is 13.6. The van der Waals surface area contributed by atoms with Crippen LogP contribution in [0.3, 0.4) is 0 Å². The Morgan fingerprint density at radius 2 is 1.15 bits per heavy atom. The van der Waals surface area contributed by atoms with Crippen LogP contribution in [-0.4, -0.2) is 4.98 Å². The zero-order chi connectivity index (χ0) is 27.4. The third-order valence-corrected chi connectivity index (χ3v) is 12.9. The molecule has 0 unspecified atom stereocenters. The second-order valence-corrected chi connectivity index (χ2v) is 14.7. The van der Waals surface area contributed by atoms with Crippen LogP contribution in [0.4, 0.5) is 0 Å². The molecule has 0 saturated carbocycles. The minimum Gasteiger partial charge on any atom is -0.455 e. The van der Waals surface area contributed by atoms with Gasteiger partial charge in [-0.2, -0.15) is 0 Å². The van der Waals surface area contributed by atoms with Crippen LogP contribution in [0.25, 0.3) is 54.6 Å². The van der Waals surface area contributed by atoms with Crippen molar-refractivity contribution in [1.82, 2.24) is 4.98 Å². The van der Waals surface area contributed by atoms with E-state index in [1.807, 2.05) is 24.5 Å². The molecule has 0 spiro atoms. The standard InChI is InChI=1S/C37H24NOPS/c41-40(28-13-3-1-4-14-28,29-15-5-2-6-16-29)30-21-27(23-38-24-30)33-22-26-12-8-10-18-32(26)36-35-31-17-9-7-11-25(31)19-20-34(35)39-37(33)36/h1-24H. The number of pyridine rings is 1. The first kappa shape index (κ1) is 24.3. The summed E-state index contributed by atoms with van der Waals surface area (Å²) in [5, 5.41) is 10.4. The van der Waals surface area contributed by atoms with Crippen LogP contribution in [0.2, 0.25) is 0 Å². The number of fused-ring (bicyclic) bond motifs is 7. The highest BCUT2D eigenvalue weighted by molar-refractivity contribution is 8.25. The quantitative estimate of drug-likeness (QED) is 0.201. The van der Waals surface area contributed by atoms with E-state index in [0.29, 0.717) is 0 Å². The Labute approximate surface area is 242 Å². The lowest BCUT2D eigenvalue weighted by Crippen LogP contribution is -2.25. The normalized spacial score (nSPS) is 12.0. The van der Waals surface area contributed by atoms with Gasteiger partial charge in [0.2, 0.25) is 0 Å². The maximum absolute atomic E-state index is 6.70. The minimum atomic E-state index is -2.35. The van der Waals surface area contributed by atoms with Crippen LogP contribution in [0.15, 0.2) is 150 Å². The maximum atomic E-state index is 6.70. The van der Waals surface area contributed by atoms with Crippen LogP contribution in [-0.2, 0) is 11.8 Å². The van der Waals surface area contributed by atoms with Gasteiger partial charge in [0.1, 0.15) is 11.2 Å². The van der Waals surface area contributed by atoms with E-state index in [1.165, 1.54) is 21.5 Å². The van der Waals surface area contributed by atoms with Gasteiger partial charge in [0.25, 0.3) is 0 Å². The molecule has 2 heterocycles. The van der Waals surface area contributed by atoms with Crippen molar-refractivity contribution in [1.29, 1.82) is 0 Å². The van der Waals surface area contributed by atoms with Gasteiger partial charge in [-0.25, -0.2) is 0 Å². The molecule has 0 bridgehead atoms. The molecule has 2 nitrogen and oxygen atoms in total. The van der Waals surface area contributed by atoms with E-state index in [0.717, 1.165) is 49.0 Å². The molecule has 0 fully saturated rings. The first-order chi connectivity index (χ1) is 20.2. The van der Waals surface area contributed by atoms with Gasteiger partial charge < -0.3 is 4.42 Å². The summed E-state index contributed by atoms with van der Waals surface area (Å²) in [5.41, 5.74) is 3.79. The van der Waals surface area contributed by atoms with Gasteiger partial charge in [0.15, 0.2) is 0 Å². The number of nitrogens with zero attached hydrogens (tertiary/aromatic N) is 1. The van der Waals surface area contributed by atoms with E-state index >= 15 is 0 Å². The fourth-order valence-electron chi connectivity index (χ4n) is 6.07. The largest absolute Gasteiger partial charge is 0.455 e. The van der Waals surface area contributed by atoms with Gasteiger partial charge in [-0.3, -0.25) is 4.98 Å². The molecule has 6 aromatic carbocycles. The summed E-state index contributed by atoms with van der Waals surface area (Å²) in [4.78, 5) is 4.79. The number of aromatic nitrogens is 1. The number of furan rings is 1. The summed E-state index contributed by atoms with van der Waals surface area (Å²) in [5.74, 6) is 0. The van der Waals surface area contributed by atoms with E-state index in [9.17, 15) is 0 Å². The van der Waals surface area contributed by atoms with Crippen molar-refractivity contribution in [3.05, 3.63) is 146 Å². The van der Waals surface area contributed by atoms with Crippen molar-refractivity contribution < 1.29 is 4.42 Å². The molecule has 2 aromatic heterocycles. The number of rotatable bonds is 4. The van der Waals surface area contributed by atoms with Crippen LogP contribution in [0, 0.1) is 0 Å². The zero-order valence-electron chi connectivity index (χ0n) is 22.1. The van der Waals surface area contributed by atoms with Crippen LogP contribution < -0.4 is 15.9 Å². The molecule has 0 saturated heterocycles. The molecular weight excluding hydrogens is 537 g/mol. The van der Waals surface area contributed by atoms with Crippen LogP contribution in [0.5, 0.6) is 0 Å². The number of benzene rings is 6. The lowest BCUT2D eigenvalue weighted by molar-refractivity contribution is 0.670. The monoisotopic (exact) mass is 561 g/mol. The molecule has 0 radical (unpaired) electrons.